The molecular formula is C14H14ClNO3. The number of rotatable bonds is 3. The number of fused-ring (bicyclic) bond motifs is 1. The van der Waals surface area contributed by atoms with Crippen LogP contribution in [0.15, 0.2) is 29.2 Å². The first-order valence-electron chi connectivity index (χ1n) is 5.98. The average molecular weight is 280 g/mol. The SMILES string of the molecule is CCOC(=O)Cn1ccc(=O)c2cc(C)c(Cl)cc21. The van der Waals surface area contributed by atoms with Crippen LogP contribution in [0.25, 0.3) is 10.9 Å². The van der Waals surface area contributed by atoms with Crippen LogP contribution >= 0.6 is 11.6 Å². The van der Waals surface area contributed by atoms with E-state index in [-0.39, 0.29) is 17.9 Å². The molecule has 0 aliphatic carbocycles. The lowest BCUT2D eigenvalue weighted by molar-refractivity contribution is -0.143. The first-order chi connectivity index (χ1) is 9.02. The van der Waals surface area contributed by atoms with Crippen LogP contribution in [0.4, 0.5) is 0 Å². The van der Waals surface area contributed by atoms with Crippen LogP contribution in [-0.2, 0) is 16.1 Å². The number of carbonyl (C=O) groups excluding carboxylic acids is 1. The number of pyridine rings is 1. The third-order valence-corrected chi connectivity index (χ3v) is 3.27. The fourth-order valence-electron chi connectivity index (χ4n) is 1.92. The van der Waals surface area contributed by atoms with Crippen LogP contribution in [0.2, 0.25) is 5.02 Å². The van der Waals surface area contributed by atoms with E-state index >= 15 is 0 Å². The number of aryl methyl sites for hydroxylation is 1. The molecule has 1 aromatic heterocycles. The molecule has 0 saturated heterocycles. The maximum atomic E-state index is 11.8. The molecule has 2 aromatic rings. The van der Waals surface area contributed by atoms with Crippen molar-refractivity contribution in [3.8, 4) is 0 Å². The molecule has 0 amide bonds. The standard InChI is InChI=1S/C14H14ClNO3/c1-3-19-14(18)8-16-5-4-13(17)10-6-9(2)11(15)7-12(10)16/h4-7H,3,8H2,1-2H3. The van der Waals surface area contributed by atoms with Crippen molar-refractivity contribution in [1.82, 2.24) is 4.57 Å². The van der Waals surface area contributed by atoms with Crippen molar-refractivity contribution in [2.75, 3.05) is 6.61 Å². The van der Waals surface area contributed by atoms with Gasteiger partial charge < -0.3 is 9.30 Å². The van der Waals surface area contributed by atoms with Gasteiger partial charge in [-0.05, 0) is 31.5 Å². The van der Waals surface area contributed by atoms with E-state index in [1.54, 1.807) is 29.8 Å². The number of ether oxygens (including phenoxy) is 1. The third-order valence-electron chi connectivity index (χ3n) is 2.86. The second-order valence-corrected chi connectivity index (χ2v) is 4.64. The highest BCUT2D eigenvalue weighted by atomic mass is 35.5. The minimum atomic E-state index is -0.343. The normalized spacial score (nSPS) is 10.7. The monoisotopic (exact) mass is 279 g/mol. The minimum absolute atomic E-state index is 0.0595. The van der Waals surface area contributed by atoms with E-state index in [1.807, 2.05) is 6.92 Å². The topological polar surface area (TPSA) is 48.3 Å². The van der Waals surface area contributed by atoms with Crippen LogP contribution in [0, 0.1) is 6.92 Å². The van der Waals surface area contributed by atoms with Gasteiger partial charge in [-0.3, -0.25) is 9.59 Å². The summed E-state index contributed by atoms with van der Waals surface area (Å²) in [5, 5.41) is 1.12. The quantitative estimate of drug-likeness (QED) is 0.811. The molecule has 1 aromatic carbocycles. The number of halogens is 1. The number of hydrogen-bond acceptors (Lipinski definition) is 3. The summed E-state index contributed by atoms with van der Waals surface area (Å²) in [4.78, 5) is 23.4. The lowest BCUT2D eigenvalue weighted by atomic mass is 10.1. The van der Waals surface area contributed by atoms with Gasteiger partial charge in [-0.2, -0.15) is 0 Å². The summed E-state index contributed by atoms with van der Waals surface area (Å²) >= 11 is 6.08. The Labute approximate surface area is 115 Å². The van der Waals surface area contributed by atoms with Gasteiger partial charge in [0.25, 0.3) is 0 Å². The molecule has 1 heterocycles. The molecule has 0 bridgehead atoms. The summed E-state index contributed by atoms with van der Waals surface area (Å²) in [6, 6.07) is 4.88. The third kappa shape index (κ3) is 2.79. The van der Waals surface area contributed by atoms with Crippen molar-refractivity contribution in [2.24, 2.45) is 0 Å². The van der Waals surface area contributed by atoms with Crippen molar-refractivity contribution in [3.05, 3.63) is 45.2 Å². The van der Waals surface area contributed by atoms with Gasteiger partial charge in [-0.1, -0.05) is 11.6 Å². The molecule has 0 aliphatic heterocycles. The number of carbonyl (C=O) groups is 1. The Morgan fingerprint density at radius 3 is 2.84 bits per heavy atom. The largest absolute Gasteiger partial charge is 0.465 e. The van der Waals surface area contributed by atoms with E-state index in [0.717, 1.165) is 5.56 Å². The second kappa shape index (κ2) is 5.45. The lowest BCUT2D eigenvalue weighted by Crippen LogP contribution is -2.16. The summed E-state index contributed by atoms with van der Waals surface area (Å²) < 4.78 is 6.57. The predicted molar refractivity (Wildman–Crippen MR) is 74.6 cm³/mol. The highest BCUT2D eigenvalue weighted by Gasteiger charge is 2.09. The van der Waals surface area contributed by atoms with Crippen molar-refractivity contribution in [3.63, 3.8) is 0 Å². The molecule has 0 fully saturated rings. The maximum absolute atomic E-state index is 11.8. The highest BCUT2D eigenvalue weighted by Crippen LogP contribution is 2.21. The summed E-state index contributed by atoms with van der Waals surface area (Å²) in [7, 11) is 0. The molecular weight excluding hydrogens is 266 g/mol. The molecule has 4 nitrogen and oxygen atoms in total. The van der Waals surface area contributed by atoms with Crippen molar-refractivity contribution < 1.29 is 9.53 Å². The molecule has 100 valence electrons. The molecule has 2 rings (SSSR count). The van der Waals surface area contributed by atoms with Gasteiger partial charge in [0.2, 0.25) is 0 Å². The van der Waals surface area contributed by atoms with Crippen molar-refractivity contribution in [2.45, 2.75) is 20.4 Å². The summed E-state index contributed by atoms with van der Waals surface area (Å²) in [6.07, 6.45) is 1.58. The second-order valence-electron chi connectivity index (χ2n) is 4.23. The molecule has 0 N–H and O–H groups in total. The minimum Gasteiger partial charge on any atom is -0.465 e. The number of aromatic nitrogens is 1. The van der Waals surface area contributed by atoms with Gasteiger partial charge in [0.15, 0.2) is 5.43 Å². The molecule has 5 heteroatoms. The summed E-state index contributed by atoms with van der Waals surface area (Å²) in [5.74, 6) is -0.343. The number of esters is 1. The summed E-state index contributed by atoms with van der Waals surface area (Å²) in [5.41, 5.74) is 1.38. The zero-order valence-corrected chi connectivity index (χ0v) is 11.5. The van der Waals surface area contributed by atoms with Gasteiger partial charge in [-0.15, -0.1) is 0 Å². The number of hydrogen-bond donors (Lipinski definition) is 0. The van der Waals surface area contributed by atoms with Crippen LogP contribution < -0.4 is 5.43 Å². The fraction of sp³-hybridized carbons (Fsp3) is 0.286. The Morgan fingerprint density at radius 2 is 2.16 bits per heavy atom. The molecule has 0 unspecified atom stereocenters. The average Bonchev–Trinajstić information content (AvgIpc) is 2.36. The first-order valence-corrected chi connectivity index (χ1v) is 6.35. The van der Waals surface area contributed by atoms with Gasteiger partial charge in [-0.25, -0.2) is 0 Å². The van der Waals surface area contributed by atoms with E-state index in [0.29, 0.717) is 22.5 Å². The fourth-order valence-corrected chi connectivity index (χ4v) is 2.08. The van der Waals surface area contributed by atoms with Crippen molar-refractivity contribution >= 4 is 28.5 Å². The van der Waals surface area contributed by atoms with Crippen molar-refractivity contribution in [1.29, 1.82) is 0 Å². The smallest absolute Gasteiger partial charge is 0.325 e. The number of nitrogens with zero attached hydrogens (tertiary/aromatic N) is 1. The van der Waals surface area contributed by atoms with E-state index in [4.69, 9.17) is 16.3 Å². The molecule has 0 radical (unpaired) electrons. The molecule has 0 spiro atoms. The molecule has 0 saturated carbocycles. The Hall–Kier alpha value is -1.81. The van der Waals surface area contributed by atoms with Gasteiger partial charge in [0.1, 0.15) is 6.54 Å². The molecule has 0 atom stereocenters. The van der Waals surface area contributed by atoms with Gasteiger partial charge >= 0.3 is 5.97 Å². The van der Waals surface area contributed by atoms with E-state index in [2.05, 4.69) is 0 Å². The molecule has 0 aliphatic rings. The van der Waals surface area contributed by atoms with Gasteiger partial charge in [0.05, 0.1) is 12.1 Å². The Kier molecular flexibility index (Phi) is 3.90. The molecule has 19 heavy (non-hydrogen) atoms. The van der Waals surface area contributed by atoms with Gasteiger partial charge in [0, 0.05) is 22.7 Å². The lowest BCUT2D eigenvalue weighted by Gasteiger charge is -2.11. The number of benzene rings is 1. The van der Waals surface area contributed by atoms with Crippen LogP contribution in [0.1, 0.15) is 12.5 Å². The summed E-state index contributed by atoms with van der Waals surface area (Å²) in [6.45, 7) is 3.98. The Bertz CT molecular complexity index is 691. The predicted octanol–water partition coefficient (Wildman–Crippen LogP) is 2.53. The van der Waals surface area contributed by atoms with Crippen LogP contribution in [0.3, 0.4) is 0 Å². The Morgan fingerprint density at radius 1 is 1.42 bits per heavy atom. The van der Waals surface area contributed by atoms with E-state index < -0.39 is 0 Å². The van der Waals surface area contributed by atoms with E-state index in [9.17, 15) is 9.59 Å². The highest BCUT2D eigenvalue weighted by molar-refractivity contribution is 6.32. The van der Waals surface area contributed by atoms with E-state index in [1.165, 1.54) is 6.07 Å². The first kappa shape index (κ1) is 13.6. The zero-order valence-electron chi connectivity index (χ0n) is 10.8. The van der Waals surface area contributed by atoms with Crippen LogP contribution in [-0.4, -0.2) is 17.1 Å². The maximum Gasteiger partial charge on any atom is 0.325 e. The van der Waals surface area contributed by atoms with Crippen LogP contribution in [0.5, 0.6) is 0 Å². The Balaban J connectivity index is 2.56. The zero-order chi connectivity index (χ0) is 14.0.